The molecule has 0 bridgehead atoms. The van der Waals surface area contributed by atoms with Crippen LogP contribution in [0, 0.1) is 6.92 Å². The van der Waals surface area contributed by atoms with Crippen LogP contribution < -0.4 is 10.0 Å². The van der Waals surface area contributed by atoms with Crippen LogP contribution in [0.1, 0.15) is 5.01 Å². The van der Waals surface area contributed by atoms with Crippen LogP contribution in [0.5, 0.6) is 0 Å². The van der Waals surface area contributed by atoms with Gasteiger partial charge in [0.2, 0.25) is 11.0 Å². The molecule has 0 aliphatic heterocycles. The molecule has 7 nitrogen and oxygen atoms in total. The number of benzene rings is 1. The largest absolute Gasteiger partial charge is 0.325 e. The number of anilines is 2. The Labute approximate surface area is 130 Å². The standard InChI is InChI=1S/C11H11ClN4O3S2/c1-7-14-15-11(20-7)16-21(18,19)9-4-2-8(3-5-9)13-10(17)6-12/h2-5H,6H2,1H3,(H,13,17)(H,15,16). The van der Waals surface area contributed by atoms with Crippen molar-refractivity contribution in [3.05, 3.63) is 29.3 Å². The zero-order valence-corrected chi connectivity index (χ0v) is 13.2. The molecule has 1 aromatic carbocycles. The Morgan fingerprint density at radius 3 is 2.48 bits per heavy atom. The molecule has 1 amide bonds. The lowest BCUT2D eigenvalue weighted by atomic mass is 10.3. The number of amides is 1. The van der Waals surface area contributed by atoms with Gasteiger partial charge in [-0.1, -0.05) is 11.3 Å². The summed E-state index contributed by atoms with van der Waals surface area (Å²) in [6.45, 7) is 1.73. The molecule has 0 spiro atoms. The van der Waals surface area contributed by atoms with Crippen molar-refractivity contribution in [2.75, 3.05) is 15.9 Å². The molecule has 0 unspecified atom stereocenters. The summed E-state index contributed by atoms with van der Waals surface area (Å²) in [6, 6.07) is 5.70. The molecule has 0 fully saturated rings. The molecule has 10 heteroatoms. The first-order chi connectivity index (χ1) is 9.90. The summed E-state index contributed by atoms with van der Waals surface area (Å²) in [5.74, 6) is -0.535. The van der Waals surface area contributed by atoms with Crippen molar-refractivity contribution in [3.63, 3.8) is 0 Å². The van der Waals surface area contributed by atoms with Crippen LogP contribution in [0.25, 0.3) is 0 Å². The number of halogens is 1. The summed E-state index contributed by atoms with van der Waals surface area (Å²) in [4.78, 5) is 11.2. The highest BCUT2D eigenvalue weighted by molar-refractivity contribution is 7.93. The lowest BCUT2D eigenvalue weighted by molar-refractivity contribution is -0.113. The SMILES string of the molecule is Cc1nnc(NS(=O)(=O)c2ccc(NC(=O)CCl)cc2)s1. The van der Waals surface area contributed by atoms with E-state index in [0.29, 0.717) is 10.7 Å². The normalized spacial score (nSPS) is 11.1. The van der Waals surface area contributed by atoms with E-state index in [2.05, 4.69) is 20.2 Å². The number of nitrogens with one attached hydrogen (secondary N) is 2. The summed E-state index contributed by atoms with van der Waals surface area (Å²) in [5, 5.41) is 10.8. The van der Waals surface area contributed by atoms with E-state index in [9.17, 15) is 13.2 Å². The van der Waals surface area contributed by atoms with Gasteiger partial charge >= 0.3 is 0 Å². The predicted octanol–water partition coefficient (Wildman–Crippen LogP) is 1.82. The summed E-state index contributed by atoms with van der Waals surface area (Å²) in [6.07, 6.45) is 0. The van der Waals surface area contributed by atoms with Crippen molar-refractivity contribution in [2.45, 2.75) is 11.8 Å². The summed E-state index contributed by atoms with van der Waals surface area (Å²) in [5.41, 5.74) is 0.464. The molecular weight excluding hydrogens is 336 g/mol. The van der Waals surface area contributed by atoms with Crippen LogP contribution in [-0.4, -0.2) is 30.4 Å². The third-order valence-electron chi connectivity index (χ3n) is 2.32. The van der Waals surface area contributed by atoms with E-state index in [4.69, 9.17) is 11.6 Å². The zero-order chi connectivity index (χ0) is 15.5. The van der Waals surface area contributed by atoms with Gasteiger partial charge in [0.25, 0.3) is 10.0 Å². The minimum Gasteiger partial charge on any atom is -0.325 e. The molecule has 1 aromatic heterocycles. The average molecular weight is 347 g/mol. The topological polar surface area (TPSA) is 101 Å². The van der Waals surface area contributed by atoms with Gasteiger partial charge in [-0.25, -0.2) is 8.42 Å². The van der Waals surface area contributed by atoms with Crippen molar-refractivity contribution in [2.24, 2.45) is 0 Å². The number of hydrogen-bond donors (Lipinski definition) is 2. The first kappa shape index (κ1) is 15.7. The van der Waals surface area contributed by atoms with Gasteiger partial charge in [-0.15, -0.1) is 21.8 Å². The molecule has 0 saturated carbocycles. The van der Waals surface area contributed by atoms with E-state index >= 15 is 0 Å². The van der Waals surface area contributed by atoms with Crippen LogP contribution in [0.15, 0.2) is 29.2 Å². The molecule has 2 rings (SSSR count). The first-order valence-electron chi connectivity index (χ1n) is 5.69. The molecule has 0 atom stereocenters. The van der Waals surface area contributed by atoms with Crippen molar-refractivity contribution in [1.29, 1.82) is 0 Å². The van der Waals surface area contributed by atoms with Gasteiger partial charge in [-0.2, -0.15) is 0 Å². The number of hydrogen-bond acceptors (Lipinski definition) is 6. The molecule has 0 radical (unpaired) electrons. The van der Waals surface area contributed by atoms with Gasteiger partial charge in [0.1, 0.15) is 10.9 Å². The van der Waals surface area contributed by atoms with Gasteiger partial charge < -0.3 is 5.32 Å². The van der Waals surface area contributed by atoms with Crippen molar-refractivity contribution in [3.8, 4) is 0 Å². The molecule has 1 heterocycles. The Hall–Kier alpha value is -1.71. The summed E-state index contributed by atoms with van der Waals surface area (Å²) in [7, 11) is -3.73. The fraction of sp³-hybridized carbons (Fsp3) is 0.182. The minimum absolute atomic E-state index is 0.0548. The maximum absolute atomic E-state index is 12.1. The third-order valence-corrected chi connectivity index (χ3v) is 4.80. The van der Waals surface area contributed by atoms with Gasteiger partial charge in [0.05, 0.1) is 4.90 Å². The smallest absolute Gasteiger partial charge is 0.263 e. The van der Waals surface area contributed by atoms with E-state index in [1.54, 1.807) is 6.92 Å². The fourth-order valence-corrected chi connectivity index (χ4v) is 3.31. The van der Waals surface area contributed by atoms with Gasteiger partial charge in [0.15, 0.2) is 0 Å². The molecule has 2 aromatic rings. The monoisotopic (exact) mass is 346 g/mol. The highest BCUT2D eigenvalue weighted by atomic mass is 35.5. The van der Waals surface area contributed by atoms with Crippen LogP contribution in [0.4, 0.5) is 10.8 Å². The van der Waals surface area contributed by atoms with E-state index < -0.39 is 10.0 Å². The Morgan fingerprint density at radius 2 is 1.95 bits per heavy atom. The van der Waals surface area contributed by atoms with Crippen LogP contribution in [0.3, 0.4) is 0 Å². The number of aromatic nitrogens is 2. The second-order valence-electron chi connectivity index (χ2n) is 3.94. The van der Waals surface area contributed by atoms with Crippen LogP contribution in [-0.2, 0) is 14.8 Å². The molecule has 0 saturated heterocycles. The lowest BCUT2D eigenvalue weighted by Gasteiger charge is -2.06. The second-order valence-corrected chi connectivity index (χ2v) is 7.07. The average Bonchev–Trinajstić information content (AvgIpc) is 2.83. The first-order valence-corrected chi connectivity index (χ1v) is 8.53. The lowest BCUT2D eigenvalue weighted by Crippen LogP contribution is -2.14. The van der Waals surface area contributed by atoms with Gasteiger partial charge in [-0.05, 0) is 31.2 Å². The number of alkyl halides is 1. The van der Waals surface area contributed by atoms with Crippen molar-refractivity contribution >= 4 is 49.7 Å². The molecule has 112 valence electrons. The number of rotatable bonds is 5. The minimum atomic E-state index is -3.73. The van der Waals surface area contributed by atoms with Gasteiger partial charge in [-0.3, -0.25) is 9.52 Å². The molecular formula is C11H11ClN4O3S2. The van der Waals surface area contributed by atoms with Crippen LogP contribution >= 0.6 is 22.9 Å². The quantitative estimate of drug-likeness (QED) is 0.804. The number of nitrogens with zero attached hydrogens (tertiary/aromatic N) is 2. The Kier molecular flexibility index (Phi) is 4.76. The zero-order valence-electron chi connectivity index (χ0n) is 10.8. The fourth-order valence-electron chi connectivity index (χ4n) is 1.42. The Balaban J connectivity index is 2.15. The van der Waals surface area contributed by atoms with Crippen LogP contribution in [0.2, 0.25) is 0 Å². The second kappa shape index (κ2) is 6.37. The van der Waals surface area contributed by atoms with E-state index in [1.807, 2.05) is 0 Å². The molecule has 0 aliphatic carbocycles. The molecule has 0 aliphatic rings. The highest BCUT2D eigenvalue weighted by Crippen LogP contribution is 2.20. The highest BCUT2D eigenvalue weighted by Gasteiger charge is 2.16. The maximum atomic E-state index is 12.1. The summed E-state index contributed by atoms with van der Waals surface area (Å²) >= 11 is 6.51. The maximum Gasteiger partial charge on any atom is 0.263 e. The number of aryl methyl sites for hydroxylation is 1. The molecule has 21 heavy (non-hydrogen) atoms. The predicted molar refractivity (Wildman–Crippen MR) is 81.2 cm³/mol. The van der Waals surface area contributed by atoms with Crippen molar-refractivity contribution < 1.29 is 13.2 Å². The van der Waals surface area contributed by atoms with E-state index in [-0.39, 0.29) is 21.8 Å². The third kappa shape index (κ3) is 4.13. The van der Waals surface area contributed by atoms with Gasteiger partial charge in [0, 0.05) is 5.69 Å². The van der Waals surface area contributed by atoms with E-state index in [1.165, 1.54) is 24.3 Å². The number of sulfonamides is 1. The summed E-state index contributed by atoms with van der Waals surface area (Å²) < 4.78 is 26.6. The molecule has 2 N–H and O–H groups in total. The van der Waals surface area contributed by atoms with E-state index in [0.717, 1.165) is 11.3 Å². The number of carbonyl (C=O) groups excluding carboxylic acids is 1. The van der Waals surface area contributed by atoms with Crippen molar-refractivity contribution in [1.82, 2.24) is 10.2 Å². The Morgan fingerprint density at radius 1 is 1.29 bits per heavy atom. The Bertz CT molecular complexity index is 743. The number of carbonyl (C=O) groups is 1.